The summed E-state index contributed by atoms with van der Waals surface area (Å²) in [6.07, 6.45) is -3.58. The van der Waals surface area contributed by atoms with Gasteiger partial charge in [0.1, 0.15) is 0 Å². The molecule has 1 atom stereocenters. The average molecular weight is 377 g/mol. The zero-order valence-electron chi connectivity index (χ0n) is 14.9. The fraction of sp³-hybridized carbons (Fsp3) is 0.350. The number of benzene rings is 2. The summed E-state index contributed by atoms with van der Waals surface area (Å²) in [7, 11) is 3.38. The van der Waals surface area contributed by atoms with E-state index in [9.17, 15) is 18.0 Å². The van der Waals surface area contributed by atoms with Gasteiger partial charge in [0, 0.05) is 18.2 Å². The number of alkyl halides is 3. The molecule has 0 spiro atoms. The van der Waals surface area contributed by atoms with Gasteiger partial charge in [0.05, 0.1) is 7.11 Å². The Hall–Kier alpha value is -2.54. The predicted octanol–water partition coefficient (Wildman–Crippen LogP) is 3.92. The van der Waals surface area contributed by atoms with Gasteiger partial charge in [0.25, 0.3) is 0 Å². The van der Waals surface area contributed by atoms with Crippen molar-refractivity contribution in [1.82, 2.24) is 4.90 Å². The van der Waals surface area contributed by atoms with Crippen molar-refractivity contribution in [2.75, 3.05) is 20.7 Å². The third kappa shape index (κ3) is 2.86. The number of carbonyl (C=O) groups is 1. The van der Waals surface area contributed by atoms with E-state index in [1.165, 1.54) is 12.7 Å². The Morgan fingerprint density at radius 3 is 2.67 bits per heavy atom. The zero-order chi connectivity index (χ0) is 19.3. The van der Waals surface area contributed by atoms with Crippen molar-refractivity contribution in [2.45, 2.75) is 25.1 Å². The van der Waals surface area contributed by atoms with Crippen molar-refractivity contribution >= 4 is 5.97 Å². The lowest BCUT2D eigenvalue weighted by Gasteiger charge is -2.40. The van der Waals surface area contributed by atoms with Crippen LogP contribution >= 0.6 is 0 Å². The van der Waals surface area contributed by atoms with Crippen LogP contribution in [0.25, 0.3) is 11.1 Å². The van der Waals surface area contributed by atoms with Crippen LogP contribution < -0.4 is 9.47 Å². The molecule has 0 saturated heterocycles. The second-order valence-corrected chi connectivity index (χ2v) is 6.85. The first kappa shape index (κ1) is 17.9. The predicted molar refractivity (Wildman–Crippen MR) is 92.9 cm³/mol. The Labute approximate surface area is 154 Å². The Balaban J connectivity index is 1.93. The lowest BCUT2D eigenvalue weighted by atomic mass is 9.77. The van der Waals surface area contributed by atoms with Crippen LogP contribution in [0.3, 0.4) is 0 Å². The minimum atomic E-state index is -5.08. The quantitative estimate of drug-likeness (QED) is 0.588. The lowest BCUT2D eigenvalue weighted by molar-refractivity contribution is -0.189. The molecule has 2 aliphatic rings. The van der Waals surface area contributed by atoms with Gasteiger partial charge in [-0.3, -0.25) is 4.90 Å². The van der Waals surface area contributed by atoms with E-state index < -0.39 is 12.1 Å². The van der Waals surface area contributed by atoms with Crippen LogP contribution in [0.2, 0.25) is 0 Å². The van der Waals surface area contributed by atoms with Crippen molar-refractivity contribution in [3.8, 4) is 22.6 Å². The van der Waals surface area contributed by atoms with Gasteiger partial charge in [-0.25, -0.2) is 4.79 Å². The number of methoxy groups -OCH3 is 1. The molecule has 4 rings (SSSR count). The molecule has 1 heterocycles. The van der Waals surface area contributed by atoms with Crippen LogP contribution in [0.1, 0.15) is 22.7 Å². The number of ether oxygens (including phenoxy) is 2. The number of esters is 1. The highest BCUT2D eigenvalue weighted by molar-refractivity contribution is 5.87. The molecule has 1 aliphatic heterocycles. The lowest BCUT2D eigenvalue weighted by Crippen LogP contribution is -2.35. The largest absolute Gasteiger partial charge is 0.493 e. The van der Waals surface area contributed by atoms with Gasteiger partial charge in [0.2, 0.25) is 0 Å². The Morgan fingerprint density at radius 2 is 1.96 bits per heavy atom. The maximum atomic E-state index is 12.8. The van der Waals surface area contributed by atoms with Crippen LogP contribution in [-0.4, -0.2) is 37.7 Å². The monoisotopic (exact) mass is 377 g/mol. The Kier molecular flexibility index (Phi) is 4.14. The third-order valence-electron chi connectivity index (χ3n) is 5.33. The van der Waals surface area contributed by atoms with Crippen molar-refractivity contribution in [2.24, 2.45) is 0 Å². The Morgan fingerprint density at radius 1 is 1.19 bits per heavy atom. The number of rotatable bonds is 2. The van der Waals surface area contributed by atoms with E-state index in [1.807, 2.05) is 31.3 Å². The fourth-order valence-corrected chi connectivity index (χ4v) is 4.06. The number of fused-ring (bicyclic) bond motifs is 2. The van der Waals surface area contributed by atoms with E-state index in [4.69, 9.17) is 9.47 Å². The van der Waals surface area contributed by atoms with Crippen LogP contribution in [0.4, 0.5) is 13.2 Å². The number of nitrogens with zero attached hydrogens (tertiary/aromatic N) is 1. The molecule has 0 radical (unpaired) electrons. The van der Waals surface area contributed by atoms with Crippen molar-refractivity contribution in [3.63, 3.8) is 0 Å². The summed E-state index contributed by atoms with van der Waals surface area (Å²) in [6.45, 7) is 0.919. The zero-order valence-corrected chi connectivity index (χ0v) is 14.9. The van der Waals surface area contributed by atoms with E-state index in [1.54, 1.807) is 6.07 Å². The highest BCUT2D eigenvalue weighted by Gasteiger charge is 2.43. The molecule has 27 heavy (non-hydrogen) atoms. The molecular formula is C20H18F3NO3. The molecule has 0 fully saturated rings. The number of hydrogen-bond acceptors (Lipinski definition) is 4. The first-order valence-electron chi connectivity index (χ1n) is 8.62. The summed E-state index contributed by atoms with van der Waals surface area (Å²) in [5.74, 6) is -2.32. The summed E-state index contributed by atoms with van der Waals surface area (Å²) in [5, 5.41) is 0. The van der Waals surface area contributed by atoms with Crippen molar-refractivity contribution < 1.29 is 27.4 Å². The second-order valence-electron chi connectivity index (χ2n) is 6.85. The van der Waals surface area contributed by atoms with E-state index in [2.05, 4.69) is 4.90 Å². The molecule has 2 aromatic rings. The number of carbonyl (C=O) groups excluding carboxylic acids is 1. The van der Waals surface area contributed by atoms with Crippen LogP contribution in [-0.2, 0) is 17.6 Å². The molecule has 1 aliphatic carbocycles. The van der Waals surface area contributed by atoms with E-state index in [0.29, 0.717) is 12.0 Å². The van der Waals surface area contributed by atoms with E-state index in [0.717, 1.165) is 29.7 Å². The summed E-state index contributed by atoms with van der Waals surface area (Å²) in [6, 6.07) is 9.34. The summed E-state index contributed by atoms with van der Waals surface area (Å²) < 4.78 is 48.5. The van der Waals surface area contributed by atoms with Gasteiger partial charge in [-0.15, -0.1) is 0 Å². The van der Waals surface area contributed by atoms with Gasteiger partial charge in [-0.2, -0.15) is 13.2 Å². The molecule has 7 heteroatoms. The topological polar surface area (TPSA) is 38.8 Å². The summed E-state index contributed by atoms with van der Waals surface area (Å²) in [5.41, 5.74) is 4.42. The van der Waals surface area contributed by atoms with E-state index in [-0.39, 0.29) is 17.5 Å². The van der Waals surface area contributed by atoms with Gasteiger partial charge in [-0.05, 0) is 48.2 Å². The SMILES string of the molecule is COc1ccc2c(c1OC(=O)C(F)(F)F)-c1cccc3c1[C@@H](C2)N(C)CC3. The summed E-state index contributed by atoms with van der Waals surface area (Å²) in [4.78, 5) is 13.8. The van der Waals surface area contributed by atoms with Crippen LogP contribution in [0, 0.1) is 0 Å². The normalized spacial score (nSPS) is 18.5. The van der Waals surface area contributed by atoms with Crippen LogP contribution in [0.5, 0.6) is 11.5 Å². The maximum Gasteiger partial charge on any atom is 0.491 e. The molecule has 0 saturated carbocycles. The number of likely N-dealkylation sites (N-methyl/N-ethyl adjacent to an activating group) is 1. The smallest absolute Gasteiger partial charge is 0.491 e. The van der Waals surface area contributed by atoms with Crippen LogP contribution in [0.15, 0.2) is 30.3 Å². The van der Waals surface area contributed by atoms with Gasteiger partial charge in [0.15, 0.2) is 11.5 Å². The Bertz CT molecular complexity index is 923. The van der Waals surface area contributed by atoms with E-state index >= 15 is 0 Å². The number of halogens is 3. The fourth-order valence-electron chi connectivity index (χ4n) is 4.06. The average Bonchev–Trinajstić information content (AvgIpc) is 2.63. The van der Waals surface area contributed by atoms with Crippen molar-refractivity contribution in [1.29, 1.82) is 0 Å². The minimum Gasteiger partial charge on any atom is -0.493 e. The summed E-state index contributed by atoms with van der Waals surface area (Å²) >= 11 is 0. The first-order valence-corrected chi connectivity index (χ1v) is 8.62. The molecular weight excluding hydrogens is 359 g/mol. The molecule has 0 bridgehead atoms. The van der Waals surface area contributed by atoms with Gasteiger partial charge < -0.3 is 9.47 Å². The molecule has 0 amide bonds. The molecule has 142 valence electrons. The highest BCUT2D eigenvalue weighted by atomic mass is 19.4. The second kappa shape index (κ2) is 6.27. The maximum absolute atomic E-state index is 12.8. The third-order valence-corrected chi connectivity index (χ3v) is 5.33. The molecule has 0 N–H and O–H groups in total. The van der Waals surface area contributed by atoms with Gasteiger partial charge >= 0.3 is 12.1 Å². The van der Waals surface area contributed by atoms with Crippen molar-refractivity contribution in [3.05, 3.63) is 47.0 Å². The first-order chi connectivity index (χ1) is 12.8. The van der Waals surface area contributed by atoms with Gasteiger partial charge in [-0.1, -0.05) is 24.3 Å². The minimum absolute atomic E-state index is 0.103. The highest BCUT2D eigenvalue weighted by Crippen LogP contribution is 2.51. The molecule has 2 aromatic carbocycles. The standard InChI is InChI=1S/C20H18F3NO3/c1-24-9-8-11-4-3-5-13-16(11)14(24)10-12-6-7-15(26-2)18(17(12)13)27-19(25)20(21,22)23/h3-7,14H,8-10H2,1-2H3/t14-/m1/s1. The number of hydrogen-bond donors (Lipinski definition) is 0. The molecule has 0 unspecified atom stereocenters. The molecule has 4 nitrogen and oxygen atoms in total. The molecule has 0 aromatic heterocycles.